The molecule has 3 aromatic heterocycles. The predicted molar refractivity (Wildman–Crippen MR) is 103 cm³/mol. The molecule has 0 aliphatic carbocycles. The minimum absolute atomic E-state index is 0.696. The number of aromatic nitrogens is 5. The molecule has 0 saturated heterocycles. The van der Waals surface area contributed by atoms with Crippen LogP contribution in [-0.2, 0) is 26.4 Å². The molecule has 0 saturated carbocycles. The first-order valence-electron chi connectivity index (χ1n) is 8.80. The van der Waals surface area contributed by atoms with E-state index >= 15 is 0 Å². The van der Waals surface area contributed by atoms with Gasteiger partial charge in [0.2, 0.25) is 5.95 Å². The summed E-state index contributed by atoms with van der Waals surface area (Å²) in [4.78, 5) is 8.00. The molecule has 0 unspecified atom stereocenters. The van der Waals surface area contributed by atoms with Crippen LogP contribution < -0.4 is 4.90 Å². The van der Waals surface area contributed by atoms with Gasteiger partial charge in [-0.2, -0.15) is 0 Å². The van der Waals surface area contributed by atoms with E-state index in [1.54, 1.807) is 11.3 Å². The van der Waals surface area contributed by atoms with Gasteiger partial charge >= 0.3 is 0 Å². The van der Waals surface area contributed by atoms with Crippen molar-refractivity contribution in [1.29, 1.82) is 0 Å². The van der Waals surface area contributed by atoms with E-state index in [4.69, 9.17) is 0 Å². The molecule has 0 bridgehead atoms. The van der Waals surface area contributed by atoms with E-state index < -0.39 is 0 Å². The van der Waals surface area contributed by atoms with Crippen molar-refractivity contribution in [3.05, 3.63) is 64.2 Å². The molecular weight excluding hydrogens is 344 g/mol. The Hall–Kier alpha value is -2.67. The minimum Gasteiger partial charge on any atom is -0.336 e. The SMILES string of the molecule is Cc1cccc2c1CCN(c1nnc(Cc3cn4ccsc4n3)n1C)C2. The van der Waals surface area contributed by atoms with E-state index in [1.807, 2.05) is 11.6 Å². The third-order valence-corrected chi connectivity index (χ3v) is 5.98. The van der Waals surface area contributed by atoms with Crippen LogP contribution in [0.25, 0.3) is 4.96 Å². The molecule has 0 N–H and O–H groups in total. The molecule has 1 aromatic carbocycles. The lowest BCUT2D eigenvalue weighted by Gasteiger charge is -2.30. The van der Waals surface area contributed by atoms with E-state index in [0.29, 0.717) is 6.42 Å². The van der Waals surface area contributed by atoms with Crippen LogP contribution in [0, 0.1) is 6.92 Å². The highest BCUT2D eigenvalue weighted by molar-refractivity contribution is 7.15. The molecule has 7 heteroatoms. The van der Waals surface area contributed by atoms with Gasteiger partial charge in [-0.15, -0.1) is 21.5 Å². The monoisotopic (exact) mass is 364 g/mol. The quantitative estimate of drug-likeness (QED) is 0.561. The molecule has 26 heavy (non-hydrogen) atoms. The maximum atomic E-state index is 4.66. The van der Waals surface area contributed by atoms with Gasteiger partial charge in [0.25, 0.3) is 0 Å². The van der Waals surface area contributed by atoms with Crippen LogP contribution in [0.3, 0.4) is 0 Å². The lowest BCUT2D eigenvalue weighted by molar-refractivity contribution is 0.679. The second-order valence-electron chi connectivity index (χ2n) is 6.86. The van der Waals surface area contributed by atoms with E-state index in [-0.39, 0.29) is 0 Å². The summed E-state index contributed by atoms with van der Waals surface area (Å²) in [7, 11) is 2.05. The standard InChI is InChI=1S/C19H20N6S/c1-13-4-3-5-14-11-24(7-6-16(13)14)18-22-21-17(23(18)2)10-15-12-25-8-9-26-19(25)20-15/h3-5,8-9,12H,6-7,10-11H2,1-2H3. The Kier molecular flexibility index (Phi) is 3.56. The molecule has 132 valence electrons. The van der Waals surface area contributed by atoms with Crippen molar-refractivity contribution in [2.75, 3.05) is 11.4 Å². The third kappa shape index (κ3) is 2.50. The lowest BCUT2D eigenvalue weighted by atomic mass is 9.95. The number of hydrogen-bond donors (Lipinski definition) is 0. The first-order chi connectivity index (χ1) is 12.7. The first-order valence-corrected chi connectivity index (χ1v) is 9.68. The van der Waals surface area contributed by atoms with Crippen molar-refractivity contribution < 1.29 is 0 Å². The molecule has 0 radical (unpaired) electrons. The van der Waals surface area contributed by atoms with Gasteiger partial charge in [-0.25, -0.2) is 4.98 Å². The van der Waals surface area contributed by atoms with Crippen LogP contribution >= 0.6 is 11.3 Å². The maximum absolute atomic E-state index is 4.66. The fourth-order valence-electron chi connectivity index (χ4n) is 3.78. The molecule has 0 amide bonds. The summed E-state index contributed by atoms with van der Waals surface area (Å²) in [6.07, 6.45) is 5.86. The van der Waals surface area contributed by atoms with Gasteiger partial charge in [-0.05, 0) is 30.0 Å². The molecule has 1 aliphatic heterocycles. The summed E-state index contributed by atoms with van der Waals surface area (Å²) in [6.45, 7) is 4.07. The molecule has 1 aliphatic rings. The number of anilines is 1. The van der Waals surface area contributed by atoms with Gasteiger partial charge in [0.15, 0.2) is 4.96 Å². The third-order valence-electron chi connectivity index (χ3n) is 5.21. The lowest BCUT2D eigenvalue weighted by Crippen LogP contribution is -2.32. The zero-order valence-electron chi connectivity index (χ0n) is 14.9. The molecule has 0 atom stereocenters. The molecule has 5 rings (SSSR count). The highest BCUT2D eigenvalue weighted by Crippen LogP contribution is 2.26. The van der Waals surface area contributed by atoms with Crippen molar-refractivity contribution in [2.45, 2.75) is 26.3 Å². The van der Waals surface area contributed by atoms with Crippen LogP contribution in [0.2, 0.25) is 0 Å². The summed E-state index contributed by atoms with van der Waals surface area (Å²) in [5.74, 6) is 1.88. The average molecular weight is 364 g/mol. The summed E-state index contributed by atoms with van der Waals surface area (Å²) >= 11 is 1.65. The zero-order chi connectivity index (χ0) is 17.7. The maximum Gasteiger partial charge on any atom is 0.227 e. The summed E-state index contributed by atoms with van der Waals surface area (Å²) in [5, 5.41) is 11.0. The van der Waals surface area contributed by atoms with E-state index in [9.17, 15) is 0 Å². The fourth-order valence-corrected chi connectivity index (χ4v) is 4.49. The normalized spacial score (nSPS) is 14.2. The second kappa shape index (κ2) is 5.95. The summed E-state index contributed by atoms with van der Waals surface area (Å²) in [6, 6.07) is 6.57. The Bertz CT molecular complexity index is 1060. The van der Waals surface area contributed by atoms with Crippen molar-refractivity contribution in [3.8, 4) is 0 Å². The van der Waals surface area contributed by atoms with Gasteiger partial charge in [0, 0.05) is 37.9 Å². The number of nitrogens with zero attached hydrogens (tertiary/aromatic N) is 6. The average Bonchev–Trinajstić information content (AvgIpc) is 3.31. The topological polar surface area (TPSA) is 51.3 Å². The molecular formula is C19H20N6S. The van der Waals surface area contributed by atoms with Gasteiger partial charge in [-0.1, -0.05) is 18.2 Å². The molecule has 0 spiro atoms. The summed E-state index contributed by atoms with van der Waals surface area (Å²) in [5.41, 5.74) is 5.30. The van der Waals surface area contributed by atoms with Crippen LogP contribution in [0.4, 0.5) is 5.95 Å². The first kappa shape index (κ1) is 15.6. The molecule has 4 aromatic rings. The molecule has 0 fully saturated rings. The second-order valence-corrected chi connectivity index (χ2v) is 7.73. The number of benzene rings is 1. The van der Waals surface area contributed by atoms with Crippen LogP contribution in [-0.4, -0.2) is 30.7 Å². The Morgan fingerprint density at radius 1 is 1.23 bits per heavy atom. The van der Waals surface area contributed by atoms with Crippen LogP contribution in [0.1, 0.15) is 28.2 Å². The molecule has 6 nitrogen and oxygen atoms in total. The van der Waals surface area contributed by atoms with Gasteiger partial charge in [0.05, 0.1) is 12.1 Å². The predicted octanol–water partition coefficient (Wildman–Crippen LogP) is 2.99. The highest BCUT2D eigenvalue weighted by Gasteiger charge is 2.22. The van der Waals surface area contributed by atoms with Crippen molar-refractivity contribution in [1.82, 2.24) is 24.1 Å². The Labute approximate surface area is 155 Å². The minimum atomic E-state index is 0.696. The van der Waals surface area contributed by atoms with Gasteiger partial charge in [0.1, 0.15) is 5.82 Å². The van der Waals surface area contributed by atoms with E-state index in [0.717, 1.165) is 41.9 Å². The number of rotatable bonds is 3. The van der Waals surface area contributed by atoms with Crippen molar-refractivity contribution >= 4 is 22.2 Å². The number of thiazole rings is 1. The van der Waals surface area contributed by atoms with Gasteiger partial charge in [-0.3, -0.25) is 4.40 Å². The highest BCUT2D eigenvalue weighted by atomic mass is 32.1. The number of hydrogen-bond acceptors (Lipinski definition) is 5. The Balaban J connectivity index is 1.40. The smallest absolute Gasteiger partial charge is 0.227 e. The molecule has 4 heterocycles. The van der Waals surface area contributed by atoms with Crippen LogP contribution in [0.5, 0.6) is 0 Å². The van der Waals surface area contributed by atoms with E-state index in [1.165, 1.54) is 16.7 Å². The van der Waals surface area contributed by atoms with E-state index in [2.05, 4.69) is 67.4 Å². The van der Waals surface area contributed by atoms with Gasteiger partial charge < -0.3 is 9.47 Å². The van der Waals surface area contributed by atoms with Crippen molar-refractivity contribution in [2.24, 2.45) is 7.05 Å². The van der Waals surface area contributed by atoms with Crippen molar-refractivity contribution in [3.63, 3.8) is 0 Å². The number of imidazole rings is 1. The van der Waals surface area contributed by atoms with Crippen LogP contribution in [0.15, 0.2) is 36.0 Å². The fraction of sp³-hybridized carbons (Fsp3) is 0.316. The summed E-state index contributed by atoms with van der Waals surface area (Å²) < 4.78 is 4.16. The Morgan fingerprint density at radius 3 is 3.04 bits per heavy atom. The Morgan fingerprint density at radius 2 is 2.15 bits per heavy atom. The largest absolute Gasteiger partial charge is 0.336 e. The zero-order valence-corrected chi connectivity index (χ0v) is 15.7. The number of aryl methyl sites for hydroxylation is 1. The number of fused-ring (bicyclic) bond motifs is 2.